The van der Waals surface area contributed by atoms with Gasteiger partial charge in [-0.05, 0) is 37.5 Å². The van der Waals surface area contributed by atoms with Crippen molar-refractivity contribution in [1.29, 1.82) is 0 Å². The second-order valence-electron chi connectivity index (χ2n) is 7.10. The molecule has 1 aromatic carbocycles. The normalized spacial score (nSPS) is 19.1. The quantitative estimate of drug-likeness (QED) is 0.343. The van der Waals surface area contributed by atoms with Crippen molar-refractivity contribution in [2.45, 2.75) is 37.7 Å². The summed E-state index contributed by atoms with van der Waals surface area (Å²) in [5.41, 5.74) is 1.20. The van der Waals surface area contributed by atoms with Gasteiger partial charge in [0.2, 0.25) is 0 Å². The Kier molecular flexibility index (Phi) is 9.67. The standard InChI is InChI=1S/C21H26ClNO7S/c1-13(2)30-21(27)29-12-31-17-8-9-23(11-14(17)10-18(24)25)19(20(26)28-3)15-6-4-5-7-16(15)22/h4-7,10,13,17,19H,8-9,11-12H2,1-3H3,(H,24,25)/b14-10+/t17?,19-/m0/s1. The van der Waals surface area contributed by atoms with E-state index in [2.05, 4.69) is 0 Å². The summed E-state index contributed by atoms with van der Waals surface area (Å²) < 4.78 is 15.0. The molecule has 8 nitrogen and oxygen atoms in total. The number of hydrogen-bond donors (Lipinski definition) is 1. The summed E-state index contributed by atoms with van der Waals surface area (Å²) in [5.74, 6) is -1.54. The van der Waals surface area contributed by atoms with Gasteiger partial charge < -0.3 is 19.3 Å². The van der Waals surface area contributed by atoms with Crippen LogP contribution in [0, 0.1) is 0 Å². The van der Waals surface area contributed by atoms with E-state index < -0.39 is 24.1 Å². The predicted molar refractivity (Wildman–Crippen MR) is 117 cm³/mol. The Bertz CT molecular complexity index is 830. The van der Waals surface area contributed by atoms with Crippen LogP contribution in [-0.2, 0) is 23.8 Å². The van der Waals surface area contributed by atoms with Crippen LogP contribution in [0.25, 0.3) is 0 Å². The number of carboxylic acids is 1. The van der Waals surface area contributed by atoms with Crippen LogP contribution in [0.5, 0.6) is 0 Å². The van der Waals surface area contributed by atoms with Gasteiger partial charge in [0.05, 0.1) is 13.2 Å². The molecule has 0 bridgehead atoms. The number of ether oxygens (including phenoxy) is 3. The monoisotopic (exact) mass is 471 g/mol. The average molecular weight is 472 g/mol. The maximum atomic E-state index is 12.6. The molecule has 1 N–H and O–H groups in total. The van der Waals surface area contributed by atoms with Crippen molar-refractivity contribution in [2.24, 2.45) is 0 Å². The molecule has 0 aromatic heterocycles. The Labute approximate surface area is 190 Å². The first-order valence-electron chi connectivity index (χ1n) is 9.67. The van der Waals surface area contributed by atoms with E-state index >= 15 is 0 Å². The van der Waals surface area contributed by atoms with Gasteiger partial charge in [-0.25, -0.2) is 14.4 Å². The van der Waals surface area contributed by atoms with E-state index in [-0.39, 0.29) is 23.8 Å². The van der Waals surface area contributed by atoms with Gasteiger partial charge in [0, 0.05) is 29.4 Å². The Morgan fingerprint density at radius 1 is 1.32 bits per heavy atom. The van der Waals surface area contributed by atoms with Crippen LogP contribution >= 0.6 is 23.4 Å². The van der Waals surface area contributed by atoms with Crippen molar-refractivity contribution in [1.82, 2.24) is 4.90 Å². The molecule has 0 aliphatic carbocycles. The van der Waals surface area contributed by atoms with Crippen LogP contribution in [0.15, 0.2) is 35.9 Å². The number of rotatable bonds is 8. The molecule has 1 unspecified atom stereocenters. The highest BCUT2D eigenvalue weighted by Crippen LogP contribution is 2.35. The molecular weight excluding hydrogens is 446 g/mol. The third-order valence-electron chi connectivity index (χ3n) is 4.55. The lowest BCUT2D eigenvalue weighted by Crippen LogP contribution is -2.43. The smallest absolute Gasteiger partial charge is 0.478 e. The minimum absolute atomic E-state index is 0.0259. The second kappa shape index (κ2) is 12.0. The van der Waals surface area contributed by atoms with Gasteiger partial charge in [-0.1, -0.05) is 29.8 Å². The second-order valence-corrected chi connectivity index (χ2v) is 8.64. The van der Waals surface area contributed by atoms with E-state index in [0.29, 0.717) is 29.1 Å². The lowest BCUT2D eigenvalue weighted by Gasteiger charge is -2.37. The Balaban J connectivity index is 2.15. The molecule has 10 heteroatoms. The van der Waals surface area contributed by atoms with Crippen LogP contribution < -0.4 is 0 Å². The summed E-state index contributed by atoms with van der Waals surface area (Å²) in [7, 11) is 1.30. The third-order valence-corrected chi connectivity index (χ3v) is 6.09. The molecule has 1 aliphatic rings. The molecule has 1 saturated heterocycles. The summed E-state index contributed by atoms with van der Waals surface area (Å²) in [6.45, 7) is 4.16. The highest BCUT2D eigenvalue weighted by Gasteiger charge is 2.35. The molecular formula is C21H26ClNO7S. The zero-order chi connectivity index (χ0) is 23.0. The first-order chi connectivity index (χ1) is 14.7. The van der Waals surface area contributed by atoms with Crippen molar-refractivity contribution in [3.63, 3.8) is 0 Å². The highest BCUT2D eigenvalue weighted by atomic mass is 35.5. The van der Waals surface area contributed by atoms with Gasteiger partial charge in [0.1, 0.15) is 12.0 Å². The summed E-state index contributed by atoms with van der Waals surface area (Å²) in [6.07, 6.45) is 0.623. The molecule has 0 saturated carbocycles. The van der Waals surface area contributed by atoms with Crippen LogP contribution in [0.1, 0.15) is 31.9 Å². The number of nitrogens with zero attached hydrogens (tertiary/aromatic N) is 1. The summed E-state index contributed by atoms with van der Waals surface area (Å²) in [5, 5.41) is 9.55. The molecule has 1 aliphatic heterocycles. The number of likely N-dealkylation sites (tertiary alicyclic amines) is 1. The lowest BCUT2D eigenvalue weighted by atomic mass is 9.98. The number of aliphatic carboxylic acids is 1. The fourth-order valence-corrected chi connectivity index (χ4v) is 4.46. The van der Waals surface area contributed by atoms with E-state index in [1.807, 2.05) is 4.90 Å². The molecule has 2 atom stereocenters. The van der Waals surface area contributed by atoms with E-state index in [4.69, 9.17) is 25.8 Å². The van der Waals surface area contributed by atoms with Gasteiger partial charge >= 0.3 is 18.1 Å². The fourth-order valence-electron chi connectivity index (χ4n) is 3.26. The number of carbonyl (C=O) groups is 3. The van der Waals surface area contributed by atoms with Crippen molar-refractivity contribution in [3.8, 4) is 0 Å². The number of carbonyl (C=O) groups excluding carboxylic acids is 2. The Morgan fingerprint density at radius 3 is 2.65 bits per heavy atom. The van der Waals surface area contributed by atoms with Gasteiger partial charge in [0.15, 0.2) is 0 Å². The summed E-state index contributed by atoms with van der Waals surface area (Å²) in [6, 6.07) is 6.22. The third kappa shape index (κ3) is 7.45. The average Bonchev–Trinajstić information content (AvgIpc) is 2.70. The van der Waals surface area contributed by atoms with Crippen LogP contribution in [0.4, 0.5) is 4.79 Å². The van der Waals surface area contributed by atoms with E-state index in [9.17, 15) is 19.5 Å². The lowest BCUT2D eigenvalue weighted by molar-refractivity contribution is -0.147. The van der Waals surface area contributed by atoms with Crippen molar-refractivity contribution < 1.29 is 33.7 Å². The van der Waals surface area contributed by atoms with E-state index in [1.165, 1.54) is 18.9 Å². The number of halogens is 1. The van der Waals surface area contributed by atoms with E-state index in [1.54, 1.807) is 38.1 Å². The maximum Gasteiger partial charge on any atom is 0.509 e. The SMILES string of the molecule is COC(=O)[C@H](c1ccccc1Cl)N1CCC(SCOC(=O)OC(C)C)/C(=C/C(=O)O)C1. The predicted octanol–water partition coefficient (Wildman–Crippen LogP) is 3.89. The number of thioether (sulfide) groups is 1. The zero-order valence-corrected chi connectivity index (χ0v) is 19.1. The zero-order valence-electron chi connectivity index (χ0n) is 17.6. The molecule has 1 fully saturated rings. The number of hydrogen-bond acceptors (Lipinski definition) is 8. The Hall–Kier alpha value is -2.23. The van der Waals surface area contributed by atoms with E-state index in [0.717, 1.165) is 6.08 Å². The molecule has 170 valence electrons. The molecule has 0 spiro atoms. The molecule has 1 aromatic rings. The minimum atomic E-state index is -1.09. The van der Waals surface area contributed by atoms with Gasteiger partial charge in [-0.15, -0.1) is 11.8 Å². The molecule has 31 heavy (non-hydrogen) atoms. The Morgan fingerprint density at radius 2 is 2.03 bits per heavy atom. The molecule has 0 radical (unpaired) electrons. The summed E-state index contributed by atoms with van der Waals surface area (Å²) in [4.78, 5) is 37.4. The van der Waals surface area contributed by atoms with Crippen LogP contribution in [-0.4, -0.2) is 65.6 Å². The number of piperidine rings is 1. The highest BCUT2D eigenvalue weighted by molar-refractivity contribution is 7.99. The number of methoxy groups -OCH3 is 1. The van der Waals surface area contributed by atoms with Crippen molar-refractivity contribution in [2.75, 3.05) is 26.1 Å². The summed E-state index contributed by atoms with van der Waals surface area (Å²) >= 11 is 7.62. The first-order valence-corrected chi connectivity index (χ1v) is 11.1. The molecule has 0 amide bonds. The minimum Gasteiger partial charge on any atom is -0.478 e. The molecule has 2 rings (SSSR count). The van der Waals surface area contributed by atoms with Crippen molar-refractivity contribution in [3.05, 3.63) is 46.5 Å². The van der Waals surface area contributed by atoms with Crippen LogP contribution in [0.3, 0.4) is 0 Å². The van der Waals surface area contributed by atoms with Crippen LogP contribution in [0.2, 0.25) is 5.02 Å². The maximum absolute atomic E-state index is 12.6. The largest absolute Gasteiger partial charge is 0.509 e. The van der Waals surface area contributed by atoms with Gasteiger partial charge in [-0.2, -0.15) is 0 Å². The number of benzene rings is 1. The topological polar surface area (TPSA) is 102 Å². The van der Waals surface area contributed by atoms with Gasteiger partial charge in [-0.3, -0.25) is 4.90 Å². The first kappa shape index (κ1) is 25.0. The van der Waals surface area contributed by atoms with Gasteiger partial charge in [0.25, 0.3) is 0 Å². The number of esters is 1. The fraction of sp³-hybridized carbons (Fsp3) is 0.476. The molecule has 1 heterocycles. The van der Waals surface area contributed by atoms with Crippen molar-refractivity contribution >= 4 is 41.5 Å². The number of carboxylic acid groups (broad SMARTS) is 1.